The Hall–Kier alpha value is -2.15. The van der Waals surface area contributed by atoms with Crippen LogP contribution in [-0.4, -0.2) is 22.1 Å². The molecule has 8 heteroatoms. The van der Waals surface area contributed by atoms with Crippen LogP contribution in [0.1, 0.15) is 0 Å². The van der Waals surface area contributed by atoms with E-state index in [1.54, 1.807) is 0 Å². The van der Waals surface area contributed by atoms with Gasteiger partial charge in [0.25, 0.3) is 0 Å². The van der Waals surface area contributed by atoms with Gasteiger partial charge in [-0.05, 0) is 12.1 Å². The summed E-state index contributed by atoms with van der Waals surface area (Å²) in [7, 11) is 1.38. The standard InChI is InChI=1S/C10H9ClFN5O/c1-18-10-16-8(13)15-9(17-10)14-7-5(11)3-2-4-6(7)12/h2-4H,1H3,(H3,13,14,15,16,17). The number of hydrogen-bond acceptors (Lipinski definition) is 6. The molecule has 1 heterocycles. The maximum atomic E-state index is 13.5. The van der Waals surface area contributed by atoms with E-state index in [2.05, 4.69) is 20.3 Å². The lowest BCUT2D eigenvalue weighted by molar-refractivity contribution is 0.380. The number of rotatable bonds is 3. The van der Waals surface area contributed by atoms with Crippen molar-refractivity contribution in [1.29, 1.82) is 0 Å². The molecule has 2 rings (SSSR count). The van der Waals surface area contributed by atoms with Gasteiger partial charge in [0, 0.05) is 0 Å². The Morgan fingerprint density at radius 3 is 2.78 bits per heavy atom. The first kappa shape index (κ1) is 12.3. The first-order valence-electron chi connectivity index (χ1n) is 4.86. The van der Waals surface area contributed by atoms with Crippen molar-refractivity contribution in [2.24, 2.45) is 0 Å². The molecule has 0 aliphatic heterocycles. The molecule has 0 bridgehead atoms. The van der Waals surface area contributed by atoms with Crippen LogP contribution in [0.2, 0.25) is 5.02 Å². The number of nitrogens with zero attached hydrogens (tertiary/aromatic N) is 3. The van der Waals surface area contributed by atoms with E-state index < -0.39 is 5.82 Å². The van der Waals surface area contributed by atoms with Gasteiger partial charge in [-0.3, -0.25) is 0 Å². The highest BCUT2D eigenvalue weighted by molar-refractivity contribution is 6.33. The largest absolute Gasteiger partial charge is 0.467 e. The highest BCUT2D eigenvalue weighted by Gasteiger charge is 2.10. The predicted molar refractivity (Wildman–Crippen MR) is 65.5 cm³/mol. The lowest BCUT2D eigenvalue weighted by Gasteiger charge is -2.08. The second kappa shape index (κ2) is 5.01. The Kier molecular flexibility index (Phi) is 3.42. The lowest BCUT2D eigenvalue weighted by Crippen LogP contribution is -2.06. The summed E-state index contributed by atoms with van der Waals surface area (Å²) in [5.74, 6) is -0.524. The molecule has 0 saturated heterocycles. The number of nitrogen functional groups attached to an aromatic ring is 1. The van der Waals surface area contributed by atoms with Gasteiger partial charge in [0.1, 0.15) is 5.82 Å². The maximum Gasteiger partial charge on any atom is 0.322 e. The number of halogens is 2. The van der Waals surface area contributed by atoms with Gasteiger partial charge in [-0.2, -0.15) is 15.0 Å². The summed E-state index contributed by atoms with van der Waals surface area (Å²) < 4.78 is 18.4. The quantitative estimate of drug-likeness (QED) is 0.886. The summed E-state index contributed by atoms with van der Waals surface area (Å²) in [4.78, 5) is 11.4. The third kappa shape index (κ3) is 2.57. The number of nitrogens with one attached hydrogen (secondary N) is 1. The van der Waals surface area contributed by atoms with Crippen LogP contribution >= 0.6 is 11.6 Å². The van der Waals surface area contributed by atoms with Gasteiger partial charge >= 0.3 is 6.01 Å². The Bertz CT molecular complexity index is 560. The van der Waals surface area contributed by atoms with Crippen molar-refractivity contribution >= 4 is 29.2 Å². The molecule has 0 atom stereocenters. The van der Waals surface area contributed by atoms with E-state index in [1.165, 1.54) is 25.3 Å². The van der Waals surface area contributed by atoms with Crippen LogP contribution in [0, 0.1) is 5.82 Å². The molecular weight excluding hydrogens is 261 g/mol. The number of ether oxygens (including phenoxy) is 1. The Morgan fingerprint density at radius 1 is 1.33 bits per heavy atom. The minimum Gasteiger partial charge on any atom is -0.467 e. The van der Waals surface area contributed by atoms with Gasteiger partial charge < -0.3 is 15.8 Å². The summed E-state index contributed by atoms with van der Waals surface area (Å²) in [6.45, 7) is 0. The lowest BCUT2D eigenvalue weighted by atomic mass is 10.3. The van der Waals surface area contributed by atoms with Crippen LogP contribution in [0.5, 0.6) is 6.01 Å². The van der Waals surface area contributed by atoms with Crippen LogP contribution in [0.4, 0.5) is 22.0 Å². The van der Waals surface area contributed by atoms with Gasteiger partial charge in [-0.25, -0.2) is 4.39 Å². The molecule has 0 saturated carbocycles. The van der Waals surface area contributed by atoms with Gasteiger partial charge in [-0.1, -0.05) is 17.7 Å². The molecule has 0 aliphatic carbocycles. The predicted octanol–water partition coefficient (Wildman–Crippen LogP) is 2.00. The fourth-order valence-electron chi connectivity index (χ4n) is 1.25. The maximum absolute atomic E-state index is 13.5. The monoisotopic (exact) mass is 269 g/mol. The van der Waals surface area contributed by atoms with Crippen molar-refractivity contribution in [1.82, 2.24) is 15.0 Å². The smallest absolute Gasteiger partial charge is 0.322 e. The summed E-state index contributed by atoms with van der Waals surface area (Å²) in [6.07, 6.45) is 0. The van der Waals surface area contributed by atoms with Gasteiger partial charge in [0.15, 0.2) is 0 Å². The molecule has 6 nitrogen and oxygen atoms in total. The topological polar surface area (TPSA) is 86.0 Å². The molecule has 2 aromatic rings. The number of hydrogen-bond donors (Lipinski definition) is 2. The van der Waals surface area contributed by atoms with Gasteiger partial charge in [-0.15, -0.1) is 0 Å². The van der Waals surface area contributed by atoms with E-state index in [1.807, 2.05) is 0 Å². The molecule has 0 amide bonds. The zero-order valence-electron chi connectivity index (χ0n) is 9.32. The van der Waals surface area contributed by atoms with Gasteiger partial charge in [0.2, 0.25) is 11.9 Å². The first-order valence-corrected chi connectivity index (χ1v) is 5.24. The number of aromatic nitrogens is 3. The molecule has 0 aliphatic rings. The minimum absolute atomic E-state index is 0.0254. The second-order valence-corrected chi connectivity index (χ2v) is 3.63. The van der Waals surface area contributed by atoms with Crippen molar-refractivity contribution in [2.75, 3.05) is 18.2 Å². The first-order chi connectivity index (χ1) is 8.60. The van der Waals surface area contributed by atoms with Crippen molar-refractivity contribution in [2.45, 2.75) is 0 Å². The zero-order chi connectivity index (χ0) is 13.1. The van der Waals surface area contributed by atoms with E-state index in [-0.39, 0.29) is 28.6 Å². The molecule has 3 N–H and O–H groups in total. The van der Waals surface area contributed by atoms with E-state index >= 15 is 0 Å². The Balaban J connectivity index is 2.37. The summed E-state index contributed by atoms with van der Waals surface area (Å²) in [5, 5.41) is 2.83. The van der Waals surface area contributed by atoms with Crippen molar-refractivity contribution in [3.05, 3.63) is 29.0 Å². The number of para-hydroxylation sites is 1. The summed E-state index contributed by atoms with van der Waals surface area (Å²) >= 11 is 5.86. The number of anilines is 3. The van der Waals surface area contributed by atoms with Crippen molar-refractivity contribution in [3.8, 4) is 6.01 Å². The highest BCUT2D eigenvalue weighted by Crippen LogP contribution is 2.27. The molecule has 0 unspecified atom stereocenters. The normalized spacial score (nSPS) is 10.2. The summed E-state index contributed by atoms with van der Waals surface area (Å²) in [6, 6.07) is 4.31. The van der Waals surface area contributed by atoms with Crippen LogP contribution in [0.25, 0.3) is 0 Å². The number of nitrogens with two attached hydrogens (primary N) is 1. The molecule has 0 spiro atoms. The Labute approximate surface area is 107 Å². The van der Waals surface area contributed by atoms with E-state index in [0.717, 1.165) is 0 Å². The van der Waals surface area contributed by atoms with E-state index in [4.69, 9.17) is 22.1 Å². The zero-order valence-corrected chi connectivity index (χ0v) is 10.1. The third-order valence-corrected chi connectivity index (χ3v) is 2.33. The van der Waals surface area contributed by atoms with Crippen LogP contribution in [0.15, 0.2) is 18.2 Å². The number of benzene rings is 1. The average Bonchev–Trinajstić information content (AvgIpc) is 2.33. The molecule has 94 valence electrons. The van der Waals surface area contributed by atoms with Crippen LogP contribution < -0.4 is 15.8 Å². The SMILES string of the molecule is COc1nc(N)nc(Nc2c(F)cccc2Cl)n1. The highest BCUT2D eigenvalue weighted by atomic mass is 35.5. The van der Waals surface area contributed by atoms with Crippen molar-refractivity contribution in [3.63, 3.8) is 0 Å². The Morgan fingerprint density at radius 2 is 2.11 bits per heavy atom. The second-order valence-electron chi connectivity index (χ2n) is 3.23. The fraction of sp³-hybridized carbons (Fsp3) is 0.100. The van der Waals surface area contributed by atoms with Crippen LogP contribution in [-0.2, 0) is 0 Å². The van der Waals surface area contributed by atoms with Crippen molar-refractivity contribution < 1.29 is 9.13 Å². The fourth-order valence-corrected chi connectivity index (χ4v) is 1.46. The molecule has 1 aromatic carbocycles. The molecule has 0 radical (unpaired) electrons. The van der Waals surface area contributed by atoms with Crippen LogP contribution in [0.3, 0.4) is 0 Å². The number of methoxy groups -OCH3 is 1. The summed E-state index contributed by atoms with van der Waals surface area (Å²) in [5.41, 5.74) is 5.52. The average molecular weight is 270 g/mol. The van der Waals surface area contributed by atoms with E-state index in [9.17, 15) is 4.39 Å². The minimum atomic E-state index is -0.527. The third-order valence-electron chi connectivity index (χ3n) is 2.01. The molecule has 1 aromatic heterocycles. The van der Waals surface area contributed by atoms with E-state index in [0.29, 0.717) is 0 Å². The molecule has 18 heavy (non-hydrogen) atoms. The molecular formula is C10H9ClFN5O. The van der Waals surface area contributed by atoms with Gasteiger partial charge in [0.05, 0.1) is 17.8 Å². The molecule has 0 fully saturated rings.